The molecule has 0 aromatic heterocycles. The predicted octanol–water partition coefficient (Wildman–Crippen LogP) is 8.53. The SMILES string of the molecule is CCCCCOC(=O)Oc1c2ccc(CC)cc2c(OC(=O)OCCCCC)c2cc(CC)ccc12. The first-order valence-electron chi connectivity index (χ1n) is 13.2. The second-order valence-electron chi connectivity index (χ2n) is 8.94. The van der Waals surface area contributed by atoms with E-state index in [1.165, 1.54) is 0 Å². The average molecular weight is 495 g/mol. The molecule has 36 heavy (non-hydrogen) atoms. The van der Waals surface area contributed by atoms with E-state index in [0.717, 1.165) is 62.5 Å². The van der Waals surface area contributed by atoms with Gasteiger partial charge in [0.1, 0.15) is 11.5 Å². The highest BCUT2D eigenvalue weighted by Crippen LogP contribution is 2.44. The van der Waals surface area contributed by atoms with E-state index in [1.807, 2.05) is 36.4 Å². The van der Waals surface area contributed by atoms with Crippen LogP contribution in [0.1, 0.15) is 77.3 Å². The Balaban J connectivity index is 2.08. The van der Waals surface area contributed by atoms with Gasteiger partial charge in [-0.1, -0.05) is 77.6 Å². The highest BCUT2D eigenvalue weighted by atomic mass is 16.7. The smallest absolute Gasteiger partial charge is 0.434 e. The third kappa shape index (κ3) is 6.90. The number of benzene rings is 3. The van der Waals surface area contributed by atoms with Gasteiger partial charge in [0.15, 0.2) is 0 Å². The molecule has 6 nitrogen and oxygen atoms in total. The molecule has 0 saturated carbocycles. The zero-order chi connectivity index (χ0) is 25.9. The van der Waals surface area contributed by atoms with Crippen LogP contribution in [-0.4, -0.2) is 25.5 Å². The van der Waals surface area contributed by atoms with Crippen molar-refractivity contribution >= 4 is 33.9 Å². The maximum absolute atomic E-state index is 12.7. The molecule has 0 spiro atoms. The van der Waals surface area contributed by atoms with Gasteiger partial charge in [-0.3, -0.25) is 0 Å². The van der Waals surface area contributed by atoms with Gasteiger partial charge in [0.05, 0.1) is 13.2 Å². The van der Waals surface area contributed by atoms with E-state index in [0.29, 0.717) is 46.3 Å². The van der Waals surface area contributed by atoms with Crippen LogP contribution in [0.4, 0.5) is 9.59 Å². The van der Waals surface area contributed by atoms with Crippen LogP contribution in [0.2, 0.25) is 0 Å². The lowest BCUT2D eigenvalue weighted by Gasteiger charge is -2.17. The molecule has 0 fully saturated rings. The van der Waals surface area contributed by atoms with Crippen LogP contribution < -0.4 is 9.47 Å². The van der Waals surface area contributed by atoms with Gasteiger partial charge < -0.3 is 18.9 Å². The third-order valence-electron chi connectivity index (χ3n) is 6.27. The van der Waals surface area contributed by atoms with Crippen molar-refractivity contribution in [1.82, 2.24) is 0 Å². The molecular weight excluding hydrogens is 456 g/mol. The van der Waals surface area contributed by atoms with Gasteiger partial charge in [-0.15, -0.1) is 0 Å². The number of carbonyl (C=O) groups is 2. The zero-order valence-electron chi connectivity index (χ0n) is 22.0. The molecule has 0 radical (unpaired) electrons. The molecular formula is C30H38O6. The number of ether oxygens (including phenoxy) is 4. The van der Waals surface area contributed by atoms with E-state index in [2.05, 4.69) is 27.7 Å². The monoisotopic (exact) mass is 494 g/mol. The molecule has 6 heteroatoms. The van der Waals surface area contributed by atoms with Gasteiger partial charge in [-0.2, -0.15) is 0 Å². The Bertz CT molecular complexity index is 1120. The Morgan fingerprint density at radius 1 is 0.583 bits per heavy atom. The molecule has 0 atom stereocenters. The van der Waals surface area contributed by atoms with Crippen molar-refractivity contribution < 1.29 is 28.5 Å². The highest BCUT2D eigenvalue weighted by molar-refractivity contribution is 6.12. The van der Waals surface area contributed by atoms with Gasteiger partial charge in [0.2, 0.25) is 0 Å². The fourth-order valence-electron chi connectivity index (χ4n) is 4.15. The molecule has 0 amide bonds. The Morgan fingerprint density at radius 3 is 1.39 bits per heavy atom. The summed E-state index contributed by atoms with van der Waals surface area (Å²) in [4.78, 5) is 25.2. The largest absolute Gasteiger partial charge is 0.513 e. The minimum absolute atomic E-state index is 0.313. The minimum Gasteiger partial charge on any atom is -0.434 e. The topological polar surface area (TPSA) is 71.1 Å². The first-order chi connectivity index (χ1) is 17.5. The maximum Gasteiger partial charge on any atom is 0.513 e. The van der Waals surface area contributed by atoms with Gasteiger partial charge in [-0.05, 0) is 48.9 Å². The zero-order valence-corrected chi connectivity index (χ0v) is 22.0. The molecule has 0 aliphatic rings. The maximum atomic E-state index is 12.7. The van der Waals surface area contributed by atoms with E-state index in [1.54, 1.807) is 0 Å². The van der Waals surface area contributed by atoms with Gasteiger partial charge in [-0.25, -0.2) is 9.59 Å². The molecule has 0 heterocycles. The van der Waals surface area contributed by atoms with E-state index >= 15 is 0 Å². The summed E-state index contributed by atoms with van der Waals surface area (Å²) >= 11 is 0. The molecule has 0 saturated heterocycles. The minimum atomic E-state index is -0.739. The molecule has 0 aliphatic heterocycles. The molecule has 0 aliphatic carbocycles. The third-order valence-corrected chi connectivity index (χ3v) is 6.27. The first kappa shape index (κ1) is 27.3. The predicted molar refractivity (Wildman–Crippen MR) is 143 cm³/mol. The fraction of sp³-hybridized carbons (Fsp3) is 0.467. The lowest BCUT2D eigenvalue weighted by molar-refractivity contribution is 0.0966. The summed E-state index contributed by atoms with van der Waals surface area (Å²) in [6.45, 7) is 8.94. The summed E-state index contributed by atoms with van der Waals surface area (Å²) in [6.07, 6.45) is 5.77. The number of aryl methyl sites for hydroxylation is 2. The number of rotatable bonds is 12. The van der Waals surface area contributed by atoms with Crippen LogP contribution in [0, 0.1) is 0 Å². The summed E-state index contributed by atoms with van der Waals surface area (Å²) in [7, 11) is 0. The van der Waals surface area contributed by atoms with Crippen molar-refractivity contribution in [2.45, 2.75) is 79.1 Å². The Kier molecular flexibility index (Phi) is 10.4. The van der Waals surface area contributed by atoms with Crippen molar-refractivity contribution in [3.8, 4) is 11.5 Å². The van der Waals surface area contributed by atoms with Crippen LogP contribution in [0.25, 0.3) is 21.5 Å². The number of hydrogen-bond acceptors (Lipinski definition) is 6. The Hall–Kier alpha value is -3.28. The van der Waals surface area contributed by atoms with Gasteiger partial charge >= 0.3 is 12.3 Å². The number of unbranched alkanes of at least 4 members (excludes halogenated alkanes) is 4. The highest BCUT2D eigenvalue weighted by Gasteiger charge is 2.22. The van der Waals surface area contributed by atoms with E-state index in [-0.39, 0.29) is 0 Å². The summed E-state index contributed by atoms with van der Waals surface area (Å²) < 4.78 is 22.3. The quantitative estimate of drug-likeness (QED) is 0.109. The van der Waals surface area contributed by atoms with Crippen LogP contribution >= 0.6 is 0 Å². The Labute approximate surface area is 213 Å². The van der Waals surface area contributed by atoms with Crippen molar-refractivity contribution in [2.75, 3.05) is 13.2 Å². The van der Waals surface area contributed by atoms with Crippen LogP contribution in [-0.2, 0) is 22.3 Å². The molecule has 3 aromatic carbocycles. The number of fused-ring (bicyclic) bond motifs is 2. The van der Waals surface area contributed by atoms with Crippen molar-refractivity contribution in [1.29, 1.82) is 0 Å². The number of hydrogen-bond donors (Lipinski definition) is 0. The summed E-state index contributed by atoms with van der Waals surface area (Å²) in [6, 6.07) is 11.7. The van der Waals surface area contributed by atoms with E-state index in [4.69, 9.17) is 18.9 Å². The lowest BCUT2D eigenvalue weighted by atomic mass is 9.96. The Morgan fingerprint density at radius 2 is 1.00 bits per heavy atom. The second-order valence-corrected chi connectivity index (χ2v) is 8.94. The first-order valence-corrected chi connectivity index (χ1v) is 13.2. The van der Waals surface area contributed by atoms with Crippen LogP contribution in [0.5, 0.6) is 11.5 Å². The summed E-state index contributed by atoms with van der Waals surface area (Å²) in [5, 5.41) is 2.72. The average Bonchev–Trinajstić information content (AvgIpc) is 2.90. The van der Waals surface area contributed by atoms with Crippen LogP contribution in [0.15, 0.2) is 36.4 Å². The molecule has 3 aromatic rings. The molecule has 0 N–H and O–H groups in total. The number of carbonyl (C=O) groups excluding carboxylic acids is 2. The van der Waals surface area contributed by atoms with Crippen LogP contribution in [0.3, 0.4) is 0 Å². The summed E-state index contributed by atoms with van der Waals surface area (Å²) in [5.74, 6) is 0.809. The van der Waals surface area contributed by atoms with Gasteiger partial charge in [0, 0.05) is 21.5 Å². The van der Waals surface area contributed by atoms with Crippen molar-refractivity contribution in [3.05, 3.63) is 47.5 Å². The molecule has 0 bridgehead atoms. The summed E-state index contributed by atoms with van der Waals surface area (Å²) in [5.41, 5.74) is 2.14. The molecule has 0 unspecified atom stereocenters. The van der Waals surface area contributed by atoms with E-state index < -0.39 is 12.3 Å². The van der Waals surface area contributed by atoms with Crippen molar-refractivity contribution in [3.63, 3.8) is 0 Å². The second kappa shape index (κ2) is 13.7. The van der Waals surface area contributed by atoms with Gasteiger partial charge in [0.25, 0.3) is 0 Å². The standard InChI is InChI=1S/C30H38O6/c1-5-9-11-17-33-29(31)35-27-23-15-13-21(7-3)19-25(23)28(36-30(32)34-18-12-10-6-2)26-20-22(8-4)14-16-24(26)27/h13-16,19-20H,5-12,17-18H2,1-4H3. The molecule has 3 rings (SSSR count). The van der Waals surface area contributed by atoms with E-state index in [9.17, 15) is 9.59 Å². The normalized spacial score (nSPS) is 11.0. The lowest BCUT2D eigenvalue weighted by Crippen LogP contribution is -2.14. The fourth-order valence-corrected chi connectivity index (χ4v) is 4.15. The molecule has 194 valence electrons. The van der Waals surface area contributed by atoms with Crippen molar-refractivity contribution in [2.24, 2.45) is 0 Å².